The summed E-state index contributed by atoms with van der Waals surface area (Å²) in [5, 5.41) is 11.1. The summed E-state index contributed by atoms with van der Waals surface area (Å²) in [6.07, 6.45) is 1.85. The summed E-state index contributed by atoms with van der Waals surface area (Å²) in [6.45, 7) is 0. The van der Waals surface area contributed by atoms with Gasteiger partial charge < -0.3 is 5.73 Å². The molecule has 0 bridgehead atoms. The minimum Gasteiger partial charge on any atom is -0.398 e. The van der Waals surface area contributed by atoms with Crippen molar-refractivity contribution in [2.45, 2.75) is 4.90 Å². The van der Waals surface area contributed by atoms with Crippen LogP contribution in [0.4, 0.5) is 5.69 Å². The van der Waals surface area contributed by atoms with Crippen LogP contribution in [0.5, 0.6) is 0 Å². The first-order valence-corrected chi connectivity index (χ1v) is 8.29. The molecule has 0 unspecified atom stereocenters. The lowest BCUT2D eigenvalue weighted by atomic mass is 9.94. The number of hydrogen-bond donors (Lipinski definition) is 1. The Morgan fingerprint density at radius 2 is 1.65 bits per heavy atom. The van der Waals surface area contributed by atoms with Crippen molar-refractivity contribution < 1.29 is 4.79 Å². The van der Waals surface area contributed by atoms with Crippen LogP contribution in [-0.4, -0.2) is 12.0 Å². The third-order valence-electron chi connectivity index (χ3n) is 3.79. The molecule has 0 aliphatic heterocycles. The molecule has 0 saturated carbocycles. The zero-order valence-electron chi connectivity index (χ0n) is 12.5. The maximum absolute atomic E-state index is 13.0. The second-order valence-corrected chi connectivity index (χ2v) is 5.87. The Balaban J connectivity index is 2.39. The van der Waals surface area contributed by atoms with Crippen molar-refractivity contribution in [3.05, 3.63) is 71.3 Å². The zero-order valence-corrected chi connectivity index (χ0v) is 13.4. The molecular formula is C19H14N2OS. The van der Waals surface area contributed by atoms with Crippen LogP contribution in [-0.2, 0) is 0 Å². The quantitative estimate of drug-likeness (QED) is 0.445. The monoisotopic (exact) mass is 318 g/mol. The Morgan fingerprint density at radius 1 is 1.04 bits per heavy atom. The molecule has 23 heavy (non-hydrogen) atoms. The SMILES string of the molecule is CSc1c(C(=O)c2ccccc2)c(N)c2ccccc2c1C#N. The Bertz CT molecular complexity index is 943. The number of benzene rings is 3. The molecule has 2 N–H and O–H groups in total. The van der Waals surface area contributed by atoms with Gasteiger partial charge in [0.25, 0.3) is 0 Å². The lowest BCUT2D eigenvalue weighted by Crippen LogP contribution is -2.09. The molecule has 0 heterocycles. The molecule has 3 rings (SSSR count). The number of carbonyl (C=O) groups excluding carboxylic acids is 1. The predicted molar refractivity (Wildman–Crippen MR) is 94.7 cm³/mol. The first-order valence-electron chi connectivity index (χ1n) is 7.07. The first-order chi connectivity index (χ1) is 11.2. The van der Waals surface area contributed by atoms with Gasteiger partial charge in [-0.2, -0.15) is 5.26 Å². The molecule has 0 saturated heterocycles. The van der Waals surface area contributed by atoms with E-state index in [1.165, 1.54) is 11.8 Å². The van der Waals surface area contributed by atoms with Crippen molar-refractivity contribution in [2.75, 3.05) is 12.0 Å². The molecule has 0 atom stereocenters. The molecule has 3 nitrogen and oxygen atoms in total. The van der Waals surface area contributed by atoms with E-state index in [4.69, 9.17) is 5.73 Å². The van der Waals surface area contributed by atoms with Crippen molar-refractivity contribution in [3.8, 4) is 6.07 Å². The van der Waals surface area contributed by atoms with Gasteiger partial charge in [-0.05, 0) is 6.26 Å². The molecule has 3 aromatic carbocycles. The second kappa shape index (κ2) is 6.15. The van der Waals surface area contributed by atoms with Crippen LogP contribution >= 0.6 is 11.8 Å². The van der Waals surface area contributed by atoms with Gasteiger partial charge in [0.1, 0.15) is 6.07 Å². The predicted octanol–water partition coefficient (Wildman–Crippen LogP) is 4.25. The van der Waals surface area contributed by atoms with Crippen molar-refractivity contribution in [2.24, 2.45) is 0 Å². The summed E-state index contributed by atoms with van der Waals surface area (Å²) in [6, 6.07) is 18.7. The highest BCUT2D eigenvalue weighted by molar-refractivity contribution is 7.98. The Hall–Kier alpha value is -2.77. The number of ketones is 1. The van der Waals surface area contributed by atoms with Crippen molar-refractivity contribution in [3.63, 3.8) is 0 Å². The molecule has 0 aromatic heterocycles. The molecule has 112 valence electrons. The summed E-state index contributed by atoms with van der Waals surface area (Å²) >= 11 is 1.38. The van der Waals surface area contributed by atoms with Crippen LogP contribution in [0.15, 0.2) is 59.5 Å². The lowest BCUT2D eigenvalue weighted by Gasteiger charge is -2.15. The normalized spacial score (nSPS) is 10.4. The molecule has 0 aliphatic carbocycles. The third kappa shape index (κ3) is 2.45. The van der Waals surface area contributed by atoms with Crippen LogP contribution in [0.3, 0.4) is 0 Å². The van der Waals surface area contributed by atoms with E-state index >= 15 is 0 Å². The lowest BCUT2D eigenvalue weighted by molar-refractivity contribution is 0.103. The van der Waals surface area contributed by atoms with E-state index in [-0.39, 0.29) is 5.78 Å². The van der Waals surface area contributed by atoms with E-state index in [2.05, 4.69) is 6.07 Å². The molecule has 0 aliphatic rings. The highest BCUT2D eigenvalue weighted by Gasteiger charge is 2.23. The number of hydrogen-bond acceptors (Lipinski definition) is 4. The van der Waals surface area contributed by atoms with Crippen molar-refractivity contribution >= 4 is 34.0 Å². The summed E-state index contributed by atoms with van der Waals surface area (Å²) < 4.78 is 0. The summed E-state index contributed by atoms with van der Waals surface area (Å²) in [5.41, 5.74) is 8.22. The number of rotatable bonds is 3. The fraction of sp³-hybridized carbons (Fsp3) is 0.0526. The fourth-order valence-electron chi connectivity index (χ4n) is 2.71. The van der Waals surface area contributed by atoms with E-state index in [0.29, 0.717) is 27.3 Å². The number of anilines is 1. The molecule has 0 spiro atoms. The Labute approximate surface area is 138 Å². The molecule has 4 heteroatoms. The van der Waals surface area contributed by atoms with E-state index < -0.39 is 0 Å². The highest BCUT2D eigenvalue weighted by atomic mass is 32.2. The van der Waals surface area contributed by atoms with Crippen LogP contribution in [0.25, 0.3) is 10.8 Å². The largest absolute Gasteiger partial charge is 0.398 e. The number of nitriles is 1. The van der Waals surface area contributed by atoms with Gasteiger partial charge in [0.05, 0.1) is 16.8 Å². The topological polar surface area (TPSA) is 66.9 Å². The van der Waals surface area contributed by atoms with Gasteiger partial charge in [0, 0.05) is 21.2 Å². The van der Waals surface area contributed by atoms with Crippen molar-refractivity contribution in [1.82, 2.24) is 0 Å². The fourth-order valence-corrected chi connectivity index (χ4v) is 3.48. The molecule has 0 radical (unpaired) electrons. The van der Waals surface area contributed by atoms with Crippen molar-refractivity contribution in [1.29, 1.82) is 5.26 Å². The highest BCUT2D eigenvalue weighted by Crippen LogP contribution is 2.38. The minimum atomic E-state index is -0.158. The third-order valence-corrected chi connectivity index (χ3v) is 4.61. The van der Waals surface area contributed by atoms with Crippen LogP contribution in [0.2, 0.25) is 0 Å². The molecule has 3 aromatic rings. The molecule has 0 fully saturated rings. The van der Waals surface area contributed by atoms with Crippen LogP contribution < -0.4 is 5.73 Å². The van der Waals surface area contributed by atoms with Gasteiger partial charge in [-0.1, -0.05) is 54.6 Å². The number of nitrogens with zero attached hydrogens (tertiary/aromatic N) is 1. The number of carbonyl (C=O) groups is 1. The van der Waals surface area contributed by atoms with Gasteiger partial charge in [0.2, 0.25) is 0 Å². The summed E-state index contributed by atoms with van der Waals surface area (Å²) in [4.78, 5) is 13.6. The van der Waals surface area contributed by atoms with Gasteiger partial charge in [-0.25, -0.2) is 0 Å². The van der Waals surface area contributed by atoms with Crippen LogP contribution in [0.1, 0.15) is 21.5 Å². The van der Waals surface area contributed by atoms with E-state index in [1.807, 2.05) is 48.7 Å². The van der Waals surface area contributed by atoms with Gasteiger partial charge in [-0.3, -0.25) is 4.79 Å². The Kier molecular flexibility index (Phi) is 4.05. The average Bonchev–Trinajstić information content (AvgIpc) is 2.61. The number of thioether (sulfide) groups is 1. The summed E-state index contributed by atoms with van der Waals surface area (Å²) in [5.74, 6) is -0.158. The maximum Gasteiger partial charge on any atom is 0.196 e. The number of nitrogen functional groups attached to an aromatic ring is 1. The van der Waals surface area contributed by atoms with E-state index in [0.717, 1.165) is 10.8 Å². The second-order valence-electron chi connectivity index (χ2n) is 5.05. The molecule has 0 amide bonds. The van der Waals surface area contributed by atoms with Gasteiger partial charge in [-0.15, -0.1) is 11.8 Å². The van der Waals surface area contributed by atoms with Gasteiger partial charge in [0.15, 0.2) is 5.78 Å². The smallest absolute Gasteiger partial charge is 0.196 e. The molecular weight excluding hydrogens is 304 g/mol. The standard InChI is InChI=1S/C19H14N2OS/c1-23-19-15(11-20)13-9-5-6-10-14(13)17(21)16(19)18(22)12-7-3-2-4-8-12/h2-10H,21H2,1H3. The Morgan fingerprint density at radius 3 is 2.26 bits per heavy atom. The first kappa shape index (κ1) is 15.1. The number of nitrogens with two attached hydrogens (primary N) is 1. The number of fused-ring (bicyclic) bond motifs is 1. The van der Waals surface area contributed by atoms with Gasteiger partial charge >= 0.3 is 0 Å². The van der Waals surface area contributed by atoms with E-state index in [9.17, 15) is 10.1 Å². The maximum atomic E-state index is 13.0. The van der Waals surface area contributed by atoms with E-state index in [1.54, 1.807) is 12.1 Å². The summed E-state index contributed by atoms with van der Waals surface area (Å²) in [7, 11) is 0. The zero-order chi connectivity index (χ0) is 16.4. The average molecular weight is 318 g/mol. The van der Waals surface area contributed by atoms with Crippen LogP contribution in [0, 0.1) is 11.3 Å². The minimum absolute atomic E-state index is 0.158.